The molecule has 1 amide bonds. The van der Waals surface area contributed by atoms with Crippen LogP contribution in [0, 0.1) is 0 Å². The number of aromatic nitrogens is 1. The average molecular weight is 367 g/mol. The number of nitrogens with zero attached hydrogens (tertiary/aromatic N) is 1. The number of nitrogens with one attached hydrogen (secondary N) is 1. The van der Waals surface area contributed by atoms with Gasteiger partial charge in [-0.3, -0.25) is 4.79 Å². The third-order valence-corrected chi connectivity index (χ3v) is 4.77. The highest BCUT2D eigenvalue weighted by atomic mass is 16.1. The monoisotopic (exact) mass is 367 g/mol. The van der Waals surface area contributed by atoms with Crippen LogP contribution in [0.25, 0.3) is 22.2 Å². The summed E-state index contributed by atoms with van der Waals surface area (Å²) in [6.45, 7) is 0.692. The van der Waals surface area contributed by atoms with Crippen LogP contribution in [0.5, 0.6) is 0 Å². The van der Waals surface area contributed by atoms with Crippen molar-refractivity contribution in [2.45, 2.75) is 13.1 Å². The Morgan fingerprint density at radius 1 is 0.857 bits per heavy atom. The van der Waals surface area contributed by atoms with Gasteiger partial charge < -0.3 is 11.1 Å². The molecule has 4 nitrogen and oxygen atoms in total. The summed E-state index contributed by atoms with van der Waals surface area (Å²) in [7, 11) is 0. The first kappa shape index (κ1) is 17.9. The predicted octanol–water partition coefficient (Wildman–Crippen LogP) is 4.29. The molecule has 0 aliphatic carbocycles. The molecule has 0 aliphatic rings. The van der Waals surface area contributed by atoms with E-state index in [1.807, 2.05) is 84.9 Å². The van der Waals surface area contributed by atoms with E-state index in [9.17, 15) is 4.79 Å². The minimum atomic E-state index is -0.139. The minimum Gasteiger partial charge on any atom is -0.348 e. The molecule has 4 aromatic rings. The van der Waals surface area contributed by atoms with Gasteiger partial charge in [-0.05, 0) is 11.6 Å². The first-order chi connectivity index (χ1) is 13.8. The van der Waals surface area contributed by atoms with Crippen molar-refractivity contribution in [3.8, 4) is 11.3 Å². The van der Waals surface area contributed by atoms with Gasteiger partial charge in [0, 0.05) is 29.6 Å². The molecule has 28 heavy (non-hydrogen) atoms. The van der Waals surface area contributed by atoms with Gasteiger partial charge in [0.05, 0.1) is 16.8 Å². The molecular formula is C24H21N3O. The smallest absolute Gasteiger partial charge is 0.252 e. The van der Waals surface area contributed by atoms with Crippen LogP contribution in [0.4, 0.5) is 0 Å². The van der Waals surface area contributed by atoms with E-state index in [0.717, 1.165) is 33.3 Å². The van der Waals surface area contributed by atoms with Crippen LogP contribution in [0.15, 0.2) is 84.9 Å². The molecule has 3 N–H and O–H groups in total. The fourth-order valence-corrected chi connectivity index (χ4v) is 3.41. The molecule has 0 saturated heterocycles. The van der Waals surface area contributed by atoms with E-state index in [0.29, 0.717) is 12.1 Å². The van der Waals surface area contributed by atoms with Crippen LogP contribution in [0.3, 0.4) is 0 Å². The molecule has 0 atom stereocenters. The number of fused-ring (bicyclic) bond motifs is 1. The number of carbonyl (C=O) groups is 1. The fourth-order valence-electron chi connectivity index (χ4n) is 3.41. The van der Waals surface area contributed by atoms with Gasteiger partial charge in [0.15, 0.2) is 0 Å². The third-order valence-electron chi connectivity index (χ3n) is 4.77. The molecule has 138 valence electrons. The topological polar surface area (TPSA) is 68.0 Å². The Morgan fingerprint density at radius 3 is 2.21 bits per heavy atom. The van der Waals surface area contributed by atoms with E-state index in [2.05, 4.69) is 5.32 Å². The van der Waals surface area contributed by atoms with Gasteiger partial charge in [-0.2, -0.15) is 0 Å². The third kappa shape index (κ3) is 3.50. The van der Waals surface area contributed by atoms with Gasteiger partial charge in [0.25, 0.3) is 5.91 Å². The van der Waals surface area contributed by atoms with Crippen molar-refractivity contribution in [1.29, 1.82) is 0 Å². The summed E-state index contributed by atoms with van der Waals surface area (Å²) in [5, 5.41) is 3.85. The molecule has 1 heterocycles. The summed E-state index contributed by atoms with van der Waals surface area (Å²) < 4.78 is 0. The lowest BCUT2D eigenvalue weighted by molar-refractivity contribution is 0.0951. The summed E-state index contributed by atoms with van der Waals surface area (Å²) in [6, 6.07) is 27.4. The summed E-state index contributed by atoms with van der Waals surface area (Å²) in [6.07, 6.45) is 0. The van der Waals surface area contributed by atoms with Gasteiger partial charge in [0.2, 0.25) is 0 Å². The molecule has 0 fully saturated rings. The van der Waals surface area contributed by atoms with Gasteiger partial charge in [-0.15, -0.1) is 0 Å². The molecule has 0 aliphatic heterocycles. The van der Waals surface area contributed by atoms with Gasteiger partial charge >= 0.3 is 0 Å². The molecule has 4 heteroatoms. The number of carbonyl (C=O) groups excluding carboxylic acids is 1. The van der Waals surface area contributed by atoms with Crippen LogP contribution in [-0.4, -0.2) is 10.9 Å². The maximum Gasteiger partial charge on any atom is 0.252 e. The van der Waals surface area contributed by atoms with Crippen LogP contribution in [0.1, 0.15) is 21.5 Å². The maximum absolute atomic E-state index is 13.2. The number of benzene rings is 3. The standard InChI is InChI=1S/C24H21N3O/c25-15-20-22(24(28)26-16-17-9-3-1-4-10-17)19-13-7-8-14-21(19)27-23(20)18-11-5-2-6-12-18/h1-14H,15-16,25H2,(H,26,28). The second-order valence-corrected chi connectivity index (χ2v) is 6.57. The Hall–Kier alpha value is -3.50. The zero-order valence-corrected chi connectivity index (χ0v) is 15.4. The fraction of sp³-hybridized carbons (Fsp3) is 0.0833. The second-order valence-electron chi connectivity index (χ2n) is 6.57. The molecule has 0 unspecified atom stereocenters. The highest BCUT2D eigenvalue weighted by Crippen LogP contribution is 2.30. The second kappa shape index (κ2) is 8.03. The largest absolute Gasteiger partial charge is 0.348 e. The molecule has 0 radical (unpaired) electrons. The van der Waals surface area contributed by atoms with E-state index in [4.69, 9.17) is 10.7 Å². The Balaban J connectivity index is 1.82. The highest BCUT2D eigenvalue weighted by molar-refractivity contribution is 6.09. The summed E-state index contributed by atoms with van der Waals surface area (Å²) in [5.74, 6) is -0.139. The SMILES string of the molecule is NCc1c(-c2ccccc2)nc2ccccc2c1C(=O)NCc1ccccc1. The van der Waals surface area contributed by atoms with Crippen molar-refractivity contribution < 1.29 is 4.79 Å². The van der Waals surface area contributed by atoms with Crippen molar-refractivity contribution in [3.05, 3.63) is 102 Å². The highest BCUT2D eigenvalue weighted by Gasteiger charge is 2.20. The lowest BCUT2D eigenvalue weighted by atomic mass is 9.96. The zero-order valence-electron chi connectivity index (χ0n) is 15.4. The van der Waals surface area contributed by atoms with E-state index in [-0.39, 0.29) is 12.5 Å². The van der Waals surface area contributed by atoms with Crippen molar-refractivity contribution >= 4 is 16.8 Å². The average Bonchev–Trinajstić information content (AvgIpc) is 2.77. The van der Waals surface area contributed by atoms with E-state index >= 15 is 0 Å². The Kier molecular flexibility index (Phi) is 5.13. The predicted molar refractivity (Wildman–Crippen MR) is 113 cm³/mol. The van der Waals surface area contributed by atoms with Crippen molar-refractivity contribution in [3.63, 3.8) is 0 Å². The first-order valence-corrected chi connectivity index (χ1v) is 9.27. The van der Waals surface area contributed by atoms with E-state index in [1.54, 1.807) is 0 Å². The normalized spacial score (nSPS) is 10.8. The number of hydrogen-bond acceptors (Lipinski definition) is 3. The molecule has 0 saturated carbocycles. The number of hydrogen-bond donors (Lipinski definition) is 2. The van der Waals surface area contributed by atoms with E-state index in [1.165, 1.54) is 0 Å². The van der Waals surface area contributed by atoms with Crippen LogP contribution in [-0.2, 0) is 13.1 Å². The van der Waals surface area contributed by atoms with Gasteiger partial charge in [0.1, 0.15) is 0 Å². The minimum absolute atomic E-state index is 0.139. The number of amides is 1. The maximum atomic E-state index is 13.2. The molecule has 3 aromatic carbocycles. The Morgan fingerprint density at radius 2 is 1.50 bits per heavy atom. The van der Waals surface area contributed by atoms with Crippen molar-refractivity contribution in [1.82, 2.24) is 10.3 Å². The quantitative estimate of drug-likeness (QED) is 0.553. The Bertz CT molecular complexity index is 1110. The molecule has 0 spiro atoms. The molecule has 4 rings (SSSR count). The van der Waals surface area contributed by atoms with Crippen LogP contribution < -0.4 is 11.1 Å². The summed E-state index contributed by atoms with van der Waals surface area (Å²) >= 11 is 0. The molecule has 0 bridgehead atoms. The van der Waals surface area contributed by atoms with Crippen LogP contribution in [0.2, 0.25) is 0 Å². The lowest BCUT2D eigenvalue weighted by Gasteiger charge is -2.16. The lowest BCUT2D eigenvalue weighted by Crippen LogP contribution is -2.25. The number of pyridine rings is 1. The molecular weight excluding hydrogens is 346 g/mol. The Labute approximate surface area is 164 Å². The first-order valence-electron chi connectivity index (χ1n) is 9.27. The van der Waals surface area contributed by atoms with Gasteiger partial charge in [-0.1, -0.05) is 78.9 Å². The summed E-state index contributed by atoms with van der Waals surface area (Å²) in [4.78, 5) is 18.0. The summed E-state index contributed by atoms with van der Waals surface area (Å²) in [5.41, 5.74) is 11.0. The number of nitrogens with two attached hydrogens (primary N) is 1. The van der Waals surface area contributed by atoms with Crippen LogP contribution >= 0.6 is 0 Å². The van der Waals surface area contributed by atoms with Crippen molar-refractivity contribution in [2.75, 3.05) is 0 Å². The zero-order chi connectivity index (χ0) is 19.3. The van der Waals surface area contributed by atoms with Gasteiger partial charge in [-0.25, -0.2) is 4.98 Å². The molecule has 1 aromatic heterocycles. The number of rotatable bonds is 5. The van der Waals surface area contributed by atoms with Crippen molar-refractivity contribution in [2.24, 2.45) is 5.73 Å². The van der Waals surface area contributed by atoms with E-state index < -0.39 is 0 Å². The number of para-hydroxylation sites is 1.